The van der Waals surface area contributed by atoms with Crippen molar-refractivity contribution in [3.63, 3.8) is 0 Å². The summed E-state index contributed by atoms with van der Waals surface area (Å²) in [6.45, 7) is 6.77. The first-order valence-corrected chi connectivity index (χ1v) is 10.7. The van der Waals surface area contributed by atoms with Gasteiger partial charge in [0.2, 0.25) is 0 Å². The lowest BCUT2D eigenvalue weighted by Gasteiger charge is -2.33. The minimum atomic E-state index is 0.0597. The first-order chi connectivity index (χ1) is 14.1. The molecule has 7 nitrogen and oxygen atoms in total. The molecular formula is C22H28N6O. The van der Waals surface area contributed by atoms with Gasteiger partial charge < -0.3 is 4.90 Å². The van der Waals surface area contributed by atoms with Gasteiger partial charge in [0, 0.05) is 44.0 Å². The highest BCUT2D eigenvalue weighted by atomic mass is 16.1. The minimum Gasteiger partial charge on any atom is -0.355 e. The van der Waals surface area contributed by atoms with Crippen LogP contribution in [0, 0.1) is 5.92 Å². The van der Waals surface area contributed by atoms with Crippen LogP contribution in [0.25, 0.3) is 5.52 Å². The molecule has 29 heavy (non-hydrogen) atoms. The predicted octanol–water partition coefficient (Wildman–Crippen LogP) is 3.20. The molecule has 7 heteroatoms. The van der Waals surface area contributed by atoms with E-state index in [-0.39, 0.29) is 11.5 Å². The first-order valence-electron chi connectivity index (χ1n) is 10.7. The highest BCUT2D eigenvalue weighted by Crippen LogP contribution is 2.40. The fraction of sp³-hybridized carbons (Fsp3) is 0.545. The van der Waals surface area contributed by atoms with Crippen LogP contribution >= 0.6 is 0 Å². The van der Waals surface area contributed by atoms with Crippen LogP contribution in [-0.2, 0) is 6.54 Å². The molecule has 4 heterocycles. The Hall–Kier alpha value is -2.70. The van der Waals surface area contributed by atoms with E-state index in [2.05, 4.69) is 34.8 Å². The van der Waals surface area contributed by atoms with Crippen molar-refractivity contribution in [2.75, 3.05) is 18.0 Å². The topological polar surface area (TPSA) is 68.3 Å². The molecule has 0 atom stereocenters. The number of rotatable bonds is 5. The van der Waals surface area contributed by atoms with Gasteiger partial charge in [0.1, 0.15) is 5.52 Å². The molecule has 0 unspecified atom stereocenters. The van der Waals surface area contributed by atoms with Gasteiger partial charge in [-0.1, -0.05) is 13.8 Å². The molecule has 3 aromatic rings. The maximum absolute atomic E-state index is 12.4. The second-order valence-corrected chi connectivity index (χ2v) is 8.81. The Morgan fingerprint density at radius 3 is 2.59 bits per heavy atom. The van der Waals surface area contributed by atoms with Crippen molar-refractivity contribution in [2.45, 2.75) is 57.9 Å². The molecule has 0 bridgehead atoms. The lowest BCUT2D eigenvalue weighted by molar-refractivity contribution is 0.350. The molecule has 0 N–H and O–H groups in total. The van der Waals surface area contributed by atoms with Crippen molar-refractivity contribution in [3.05, 3.63) is 52.6 Å². The normalized spacial score (nSPS) is 18.1. The second kappa shape index (κ2) is 7.28. The third kappa shape index (κ3) is 3.66. The number of fused-ring (bicyclic) bond motifs is 1. The van der Waals surface area contributed by atoms with E-state index in [0.717, 1.165) is 49.5 Å². The van der Waals surface area contributed by atoms with Gasteiger partial charge in [0.05, 0.1) is 17.7 Å². The summed E-state index contributed by atoms with van der Waals surface area (Å²) < 4.78 is 3.74. The molecule has 0 radical (unpaired) electrons. The van der Waals surface area contributed by atoms with Crippen LogP contribution < -0.4 is 10.5 Å². The zero-order valence-electron chi connectivity index (χ0n) is 17.2. The average molecular weight is 393 g/mol. The fourth-order valence-corrected chi connectivity index (χ4v) is 4.25. The third-order valence-corrected chi connectivity index (χ3v) is 6.25. The number of aromatic nitrogens is 5. The highest BCUT2D eigenvalue weighted by Gasteiger charge is 2.28. The van der Waals surface area contributed by atoms with Gasteiger partial charge in [-0.3, -0.25) is 9.36 Å². The van der Waals surface area contributed by atoms with E-state index in [9.17, 15) is 4.79 Å². The summed E-state index contributed by atoms with van der Waals surface area (Å²) in [4.78, 5) is 23.9. The zero-order valence-corrected chi connectivity index (χ0v) is 17.2. The van der Waals surface area contributed by atoms with E-state index in [4.69, 9.17) is 5.10 Å². The van der Waals surface area contributed by atoms with E-state index in [1.54, 1.807) is 17.0 Å². The molecule has 3 aromatic heterocycles. The molecule has 2 fully saturated rings. The van der Waals surface area contributed by atoms with Crippen molar-refractivity contribution in [1.82, 2.24) is 24.1 Å². The maximum Gasteiger partial charge on any atom is 0.253 e. The predicted molar refractivity (Wildman–Crippen MR) is 112 cm³/mol. The number of nitrogens with zero attached hydrogens (tertiary/aromatic N) is 6. The van der Waals surface area contributed by atoms with Gasteiger partial charge in [-0.05, 0) is 43.6 Å². The van der Waals surface area contributed by atoms with Crippen LogP contribution in [0.2, 0.25) is 0 Å². The Bertz CT molecular complexity index is 1070. The number of hydrogen-bond donors (Lipinski definition) is 0. The van der Waals surface area contributed by atoms with Crippen LogP contribution in [0.5, 0.6) is 0 Å². The Morgan fingerprint density at radius 2 is 1.90 bits per heavy atom. The fourth-order valence-electron chi connectivity index (χ4n) is 4.25. The van der Waals surface area contributed by atoms with Crippen LogP contribution in [0.3, 0.4) is 0 Å². The third-order valence-electron chi connectivity index (χ3n) is 6.25. The van der Waals surface area contributed by atoms with E-state index in [1.807, 2.05) is 16.9 Å². The summed E-state index contributed by atoms with van der Waals surface area (Å²) in [5.74, 6) is 2.44. The van der Waals surface area contributed by atoms with E-state index >= 15 is 0 Å². The van der Waals surface area contributed by atoms with Crippen molar-refractivity contribution >= 4 is 11.3 Å². The molecular weight excluding hydrogens is 364 g/mol. The Labute approximate surface area is 170 Å². The van der Waals surface area contributed by atoms with E-state index in [1.165, 1.54) is 18.5 Å². The van der Waals surface area contributed by atoms with Crippen LogP contribution in [0.4, 0.5) is 5.82 Å². The second-order valence-electron chi connectivity index (χ2n) is 8.81. The van der Waals surface area contributed by atoms with Crippen molar-refractivity contribution in [1.29, 1.82) is 0 Å². The van der Waals surface area contributed by atoms with E-state index < -0.39 is 0 Å². The summed E-state index contributed by atoms with van der Waals surface area (Å²) in [6, 6.07) is 3.90. The molecule has 1 saturated carbocycles. The lowest BCUT2D eigenvalue weighted by Crippen LogP contribution is -2.37. The Balaban J connectivity index is 1.27. The standard InChI is InChI=1S/C22H28N6O/c1-15(2)18-12-21(29)27(14-24-18)13-16-5-8-26(9-6-16)22-20-11-19(17-3-4-17)25-28(20)10-7-23-22/h7,10-12,14-17H,3-6,8-9,13H2,1-2H3. The minimum absolute atomic E-state index is 0.0597. The van der Waals surface area contributed by atoms with Gasteiger partial charge in [0.15, 0.2) is 5.82 Å². The van der Waals surface area contributed by atoms with Crippen LogP contribution in [0.15, 0.2) is 35.6 Å². The summed E-state index contributed by atoms with van der Waals surface area (Å²) in [7, 11) is 0. The number of hydrogen-bond acceptors (Lipinski definition) is 5. The highest BCUT2D eigenvalue weighted by molar-refractivity contribution is 5.69. The van der Waals surface area contributed by atoms with E-state index in [0.29, 0.717) is 11.8 Å². The zero-order chi connectivity index (χ0) is 20.0. The maximum atomic E-state index is 12.4. The van der Waals surface area contributed by atoms with Crippen LogP contribution in [0.1, 0.15) is 62.8 Å². The average Bonchev–Trinajstić information content (AvgIpc) is 3.48. The molecule has 2 aliphatic rings. The molecule has 1 aliphatic heterocycles. The van der Waals surface area contributed by atoms with Gasteiger partial charge in [-0.15, -0.1) is 0 Å². The van der Waals surface area contributed by atoms with Gasteiger partial charge in [-0.2, -0.15) is 5.10 Å². The van der Waals surface area contributed by atoms with Crippen molar-refractivity contribution in [3.8, 4) is 0 Å². The molecule has 152 valence electrons. The number of anilines is 1. The number of piperidine rings is 1. The van der Waals surface area contributed by atoms with Gasteiger partial charge >= 0.3 is 0 Å². The smallest absolute Gasteiger partial charge is 0.253 e. The molecule has 5 rings (SSSR count). The molecule has 0 amide bonds. The quantitative estimate of drug-likeness (QED) is 0.667. The molecule has 0 spiro atoms. The molecule has 1 saturated heterocycles. The summed E-state index contributed by atoms with van der Waals surface area (Å²) in [5.41, 5.74) is 3.24. The summed E-state index contributed by atoms with van der Waals surface area (Å²) >= 11 is 0. The first kappa shape index (κ1) is 18.3. The Morgan fingerprint density at radius 1 is 1.10 bits per heavy atom. The SMILES string of the molecule is CC(C)c1cc(=O)n(CC2CCN(c3nccn4nc(C5CC5)cc34)CC2)cn1. The lowest BCUT2D eigenvalue weighted by atomic mass is 9.96. The molecule has 1 aliphatic carbocycles. The van der Waals surface area contributed by atoms with Crippen molar-refractivity contribution < 1.29 is 0 Å². The monoisotopic (exact) mass is 392 g/mol. The summed E-state index contributed by atoms with van der Waals surface area (Å²) in [6.07, 6.45) is 10.1. The molecule has 0 aromatic carbocycles. The van der Waals surface area contributed by atoms with Crippen LogP contribution in [-0.4, -0.2) is 37.2 Å². The largest absolute Gasteiger partial charge is 0.355 e. The van der Waals surface area contributed by atoms with Gasteiger partial charge in [0.25, 0.3) is 5.56 Å². The Kier molecular flexibility index (Phi) is 4.60. The van der Waals surface area contributed by atoms with Crippen molar-refractivity contribution in [2.24, 2.45) is 5.92 Å². The summed E-state index contributed by atoms with van der Waals surface area (Å²) in [5, 5.41) is 4.74. The van der Waals surface area contributed by atoms with Gasteiger partial charge in [-0.25, -0.2) is 14.5 Å².